The number of hydrogen-bond donors (Lipinski definition) is 2. The highest BCUT2D eigenvalue weighted by Gasteiger charge is 2.34. The van der Waals surface area contributed by atoms with Crippen LogP contribution < -0.4 is 14.8 Å². The second-order valence-electron chi connectivity index (χ2n) is 18.5. The Morgan fingerprint density at radius 2 is 1.43 bits per heavy atom. The van der Waals surface area contributed by atoms with Crippen molar-refractivity contribution in [2.75, 3.05) is 26.4 Å². The van der Waals surface area contributed by atoms with Crippen LogP contribution in [0.25, 0.3) is 0 Å². The molecule has 7 nitrogen and oxygen atoms in total. The van der Waals surface area contributed by atoms with Crippen LogP contribution in [0, 0.1) is 49.4 Å². The lowest BCUT2D eigenvalue weighted by molar-refractivity contribution is -0.140. The van der Waals surface area contributed by atoms with Crippen molar-refractivity contribution in [1.82, 2.24) is 5.32 Å². The zero-order chi connectivity index (χ0) is 38.4. The highest BCUT2D eigenvalue weighted by Crippen LogP contribution is 2.45. The molecular weight excluding hydrogens is 638 g/mol. The number of hydrogen-bond acceptors (Lipinski definition) is 5. The minimum Gasteiger partial charge on any atom is -0.493 e. The Hall–Kier alpha value is -2.28. The number of nitrogens with one attached hydrogen (secondary N) is 1. The summed E-state index contributed by atoms with van der Waals surface area (Å²) in [6, 6.07) is 0. The minimum absolute atomic E-state index is 0.00264. The van der Waals surface area contributed by atoms with Gasteiger partial charge in [-0.25, -0.2) is 0 Å². The molecule has 0 saturated carbocycles. The van der Waals surface area contributed by atoms with Crippen LogP contribution in [-0.4, -0.2) is 48.9 Å². The number of benzene rings is 1. The molecule has 0 aliphatic carbocycles. The summed E-state index contributed by atoms with van der Waals surface area (Å²) >= 11 is 0. The van der Waals surface area contributed by atoms with Gasteiger partial charge in [-0.1, -0.05) is 100 Å². The minimum atomic E-state index is -0.827. The molecule has 1 aromatic rings. The summed E-state index contributed by atoms with van der Waals surface area (Å²) in [4.78, 5) is 23.7. The highest BCUT2D eigenvalue weighted by atomic mass is 16.5. The van der Waals surface area contributed by atoms with E-state index in [0.29, 0.717) is 39.2 Å². The van der Waals surface area contributed by atoms with Crippen molar-refractivity contribution >= 4 is 11.9 Å². The Morgan fingerprint density at radius 1 is 0.843 bits per heavy atom. The lowest BCUT2D eigenvalue weighted by atomic mass is 9.83. The van der Waals surface area contributed by atoms with E-state index in [4.69, 9.17) is 19.3 Å². The van der Waals surface area contributed by atoms with Gasteiger partial charge in [0.25, 0.3) is 0 Å². The summed E-state index contributed by atoms with van der Waals surface area (Å²) in [6.45, 7) is 27.9. The molecule has 1 aliphatic rings. The molecule has 0 spiro atoms. The summed E-state index contributed by atoms with van der Waals surface area (Å²) in [6.07, 6.45) is 14.9. The molecule has 0 fully saturated rings. The maximum absolute atomic E-state index is 12.6. The molecule has 1 heterocycles. The van der Waals surface area contributed by atoms with Gasteiger partial charge in [-0.05, 0) is 99.7 Å². The van der Waals surface area contributed by atoms with E-state index in [9.17, 15) is 9.59 Å². The first-order chi connectivity index (χ1) is 23.7. The van der Waals surface area contributed by atoms with Crippen LogP contribution >= 0.6 is 0 Å². The van der Waals surface area contributed by atoms with Crippen molar-refractivity contribution < 1.29 is 28.9 Å². The Bertz CT molecular complexity index is 1240. The number of amides is 1. The summed E-state index contributed by atoms with van der Waals surface area (Å²) in [5.74, 6) is 3.61. The number of rotatable bonds is 25. The van der Waals surface area contributed by atoms with E-state index in [1.54, 1.807) is 0 Å². The molecule has 2 unspecified atom stereocenters. The van der Waals surface area contributed by atoms with E-state index in [0.717, 1.165) is 54.1 Å². The van der Waals surface area contributed by atoms with Crippen LogP contribution in [0.15, 0.2) is 0 Å². The van der Waals surface area contributed by atoms with Crippen LogP contribution in [0.5, 0.6) is 11.5 Å². The predicted molar refractivity (Wildman–Crippen MR) is 211 cm³/mol. The van der Waals surface area contributed by atoms with Gasteiger partial charge in [-0.15, -0.1) is 0 Å². The molecule has 0 radical (unpaired) electrons. The van der Waals surface area contributed by atoms with Gasteiger partial charge in [0.05, 0.1) is 26.2 Å². The monoisotopic (exact) mass is 716 g/mol. The Labute approximate surface area is 312 Å². The number of fused-ring (bicyclic) bond motifs is 1. The number of ether oxygens (including phenoxy) is 3. The molecule has 1 amide bonds. The van der Waals surface area contributed by atoms with Crippen molar-refractivity contribution in [2.45, 2.75) is 179 Å². The average molecular weight is 716 g/mol. The molecule has 7 heteroatoms. The molecule has 1 aromatic carbocycles. The summed E-state index contributed by atoms with van der Waals surface area (Å²) in [5.41, 5.74) is 3.91. The summed E-state index contributed by atoms with van der Waals surface area (Å²) in [5, 5.41) is 12.1. The smallest absolute Gasteiger partial charge is 0.303 e. The van der Waals surface area contributed by atoms with Gasteiger partial charge in [-0.2, -0.15) is 0 Å². The second kappa shape index (κ2) is 20.8. The van der Waals surface area contributed by atoms with Gasteiger partial charge in [0.15, 0.2) is 0 Å². The highest BCUT2D eigenvalue weighted by molar-refractivity contribution is 5.75. The first kappa shape index (κ1) is 44.9. The molecule has 51 heavy (non-hydrogen) atoms. The van der Waals surface area contributed by atoms with Gasteiger partial charge in [0.1, 0.15) is 17.1 Å². The molecule has 1 aliphatic heterocycles. The number of carboxylic acids is 1. The van der Waals surface area contributed by atoms with Crippen LogP contribution in [0.3, 0.4) is 0 Å². The molecule has 0 saturated heterocycles. The topological polar surface area (TPSA) is 94.1 Å². The van der Waals surface area contributed by atoms with E-state index < -0.39 is 11.4 Å². The van der Waals surface area contributed by atoms with Crippen molar-refractivity contribution in [1.29, 1.82) is 0 Å². The van der Waals surface area contributed by atoms with Crippen LogP contribution in [0.2, 0.25) is 0 Å². The Balaban J connectivity index is 1.77. The SMILES string of the molecule is Cc1c(C)c2c(c(C)c1OCCCC(=O)NCC(C)(C)COCC(C)(C)CC(=O)O)CCC(C)(CCCC(C)CCC[C@H](C)CCCC(C)C)O2. The van der Waals surface area contributed by atoms with E-state index in [1.807, 2.05) is 27.7 Å². The zero-order valence-corrected chi connectivity index (χ0v) is 34.9. The fourth-order valence-electron chi connectivity index (χ4n) is 7.42. The molecule has 3 atom stereocenters. The third-order valence-corrected chi connectivity index (χ3v) is 11.0. The van der Waals surface area contributed by atoms with Crippen molar-refractivity contribution in [3.8, 4) is 11.5 Å². The van der Waals surface area contributed by atoms with E-state index in [-0.39, 0.29) is 23.3 Å². The number of carbonyl (C=O) groups excluding carboxylic acids is 1. The second-order valence-corrected chi connectivity index (χ2v) is 18.5. The fraction of sp³-hybridized carbons (Fsp3) is 0.818. The van der Waals surface area contributed by atoms with Gasteiger partial charge >= 0.3 is 5.97 Å². The predicted octanol–water partition coefficient (Wildman–Crippen LogP) is 11.0. The fourth-order valence-corrected chi connectivity index (χ4v) is 7.42. The van der Waals surface area contributed by atoms with Crippen LogP contribution in [-0.2, 0) is 20.7 Å². The summed E-state index contributed by atoms with van der Waals surface area (Å²) < 4.78 is 19.0. The van der Waals surface area contributed by atoms with Gasteiger partial charge < -0.3 is 24.6 Å². The molecule has 294 valence electrons. The van der Waals surface area contributed by atoms with Gasteiger partial charge in [-0.3, -0.25) is 9.59 Å². The first-order valence-corrected chi connectivity index (χ1v) is 20.2. The first-order valence-electron chi connectivity index (χ1n) is 20.2. The summed E-state index contributed by atoms with van der Waals surface area (Å²) in [7, 11) is 0. The quantitative estimate of drug-likeness (QED) is 0.0979. The van der Waals surface area contributed by atoms with E-state index >= 15 is 0 Å². The number of aliphatic carboxylic acids is 1. The van der Waals surface area contributed by atoms with E-state index in [2.05, 4.69) is 60.7 Å². The number of carbonyl (C=O) groups is 2. The van der Waals surface area contributed by atoms with Gasteiger partial charge in [0, 0.05) is 23.9 Å². The average Bonchev–Trinajstić information content (AvgIpc) is 3.01. The Morgan fingerprint density at radius 3 is 2.04 bits per heavy atom. The molecule has 0 aromatic heterocycles. The maximum atomic E-state index is 12.6. The van der Waals surface area contributed by atoms with Crippen molar-refractivity contribution in [3.05, 3.63) is 22.3 Å². The molecule has 0 bridgehead atoms. The lowest BCUT2D eigenvalue weighted by Gasteiger charge is -2.38. The van der Waals surface area contributed by atoms with E-state index in [1.165, 1.54) is 68.1 Å². The zero-order valence-electron chi connectivity index (χ0n) is 34.9. The van der Waals surface area contributed by atoms with Crippen LogP contribution in [0.4, 0.5) is 0 Å². The molecule has 2 rings (SSSR count). The standard InChI is InChI=1S/C44H77NO6/c1-31(2)17-13-18-32(3)19-14-20-33(4)21-15-24-44(12)25-23-37-36(7)40(34(5)35(6)41(37)51-44)50-26-16-22-38(46)45-28-43(10,11)30-49-29-42(8,9)27-39(47)48/h31-33H,13-30H2,1-12H3,(H,45,46)(H,47,48)/t32-,33?,44?/m1/s1. The van der Waals surface area contributed by atoms with Crippen molar-refractivity contribution in [3.63, 3.8) is 0 Å². The normalized spacial score (nSPS) is 17.5. The third-order valence-electron chi connectivity index (χ3n) is 11.0. The molecular formula is C44H77NO6. The van der Waals surface area contributed by atoms with Crippen LogP contribution in [0.1, 0.15) is 168 Å². The van der Waals surface area contributed by atoms with Gasteiger partial charge in [0.2, 0.25) is 5.91 Å². The third kappa shape index (κ3) is 16.5. The Kier molecular flexibility index (Phi) is 18.3. The number of carboxylic acid groups (broad SMARTS) is 1. The van der Waals surface area contributed by atoms with Crippen molar-refractivity contribution in [2.24, 2.45) is 28.6 Å². The largest absolute Gasteiger partial charge is 0.493 e. The molecule has 2 N–H and O–H groups in total. The maximum Gasteiger partial charge on any atom is 0.303 e. The lowest BCUT2D eigenvalue weighted by Crippen LogP contribution is -2.37.